The Morgan fingerprint density at radius 3 is 2.43 bits per heavy atom. The van der Waals surface area contributed by atoms with E-state index in [2.05, 4.69) is 0 Å². The van der Waals surface area contributed by atoms with Crippen molar-refractivity contribution in [2.24, 2.45) is 0 Å². The normalized spacial score (nSPS) is 17.1. The third kappa shape index (κ3) is 3.53. The van der Waals surface area contributed by atoms with E-state index in [0.717, 1.165) is 6.07 Å². The highest BCUT2D eigenvalue weighted by molar-refractivity contribution is 5.94. The van der Waals surface area contributed by atoms with Gasteiger partial charge in [-0.15, -0.1) is 0 Å². The lowest BCUT2D eigenvalue weighted by molar-refractivity contribution is -0.140. The van der Waals surface area contributed by atoms with Crippen LogP contribution >= 0.6 is 0 Å². The minimum Gasteiger partial charge on any atom is -0.381 e. The molecule has 1 fully saturated rings. The molecule has 2 rings (SSSR count). The standard InChI is InChI=1S/C14H15F4NO2/c1-21-10-4-6-19(7-5-10)13(20)9-2-3-12(15)11(8-9)14(16,17)18/h2-3,8,10H,4-7H2,1H3. The summed E-state index contributed by atoms with van der Waals surface area (Å²) in [5, 5.41) is 0. The van der Waals surface area contributed by atoms with E-state index in [9.17, 15) is 22.4 Å². The third-order valence-electron chi connectivity index (χ3n) is 3.58. The van der Waals surface area contributed by atoms with Crippen molar-refractivity contribution >= 4 is 5.91 Å². The van der Waals surface area contributed by atoms with Crippen LogP contribution in [0.25, 0.3) is 0 Å². The maximum atomic E-state index is 13.2. The molecule has 3 nitrogen and oxygen atoms in total. The number of benzene rings is 1. The summed E-state index contributed by atoms with van der Waals surface area (Å²) in [6.45, 7) is 0.826. The Morgan fingerprint density at radius 1 is 1.29 bits per heavy atom. The van der Waals surface area contributed by atoms with Gasteiger partial charge in [-0.3, -0.25) is 4.79 Å². The zero-order valence-electron chi connectivity index (χ0n) is 11.4. The van der Waals surface area contributed by atoms with Gasteiger partial charge in [-0.05, 0) is 31.0 Å². The van der Waals surface area contributed by atoms with Crippen molar-refractivity contribution in [3.63, 3.8) is 0 Å². The van der Waals surface area contributed by atoms with Crippen LogP contribution in [0.2, 0.25) is 0 Å². The lowest BCUT2D eigenvalue weighted by Gasteiger charge is -2.31. The van der Waals surface area contributed by atoms with Gasteiger partial charge in [0.05, 0.1) is 11.7 Å². The van der Waals surface area contributed by atoms with Gasteiger partial charge in [-0.2, -0.15) is 13.2 Å². The van der Waals surface area contributed by atoms with E-state index >= 15 is 0 Å². The van der Waals surface area contributed by atoms with Crippen LogP contribution in [-0.4, -0.2) is 37.1 Å². The van der Waals surface area contributed by atoms with Gasteiger partial charge in [0, 0.05) is 25.8 Å². The predicted octanol–water partition coefficient (Wildman–Crippen LogP) is 3.10. The van der Waals surface area contributed by atoms with Crippen molar-refractivity contribution in [2.45, 2.75) is 25.1 Å². The summed E-state index contributed by atoms with van der Waals surface area (Å²) < 4.78 is 56.3. The van der Waals surface area contributed by atoms with E-state index < -0.39 is 23.5 Å². The lowest BCUT2D eigenvalue weighted by atomic mass is 10.0. The molecule has 0 aromatic heterocycles. The molecule has 0 unspecified atom stereocenters. The second kappa shape index (κ2) is 6.01. The molecule has 1 saturated heterocycles. The molecule has 0 N–H and O–H groups in total. The van der Waals surface area contributed by atoms with E-state index in [1.165, 1.54) is 4.90 Å². The highest BCUT2D eigenvalue weighted by Gasteiger charge is 2.35. The highest BCUT2D eigenvalue weighted by Crippen LogP contribution is 2.32. The molecule has 1 aromatic carbocycles. The fourth-order valence-corrected chi connectivity index (χ4v) is 2.35. The van der Waals surface area contributed by atoms with Crippen molar-refractivity contribution in [1.82, 2.24) is 4.90 Å². The summed E-state index contributed by atoms with van der Waals surface area (Å²) in [6, 6.07) is 2.33. The summed E-state index contributed by atoms with van der Waals surface area (Å²) in [5.41, 5.74) is -1.57. The van der Waals surface area contributed by atoms with Gasteiger partial charge in [0.1, 0.15) is 5.82 Å². The summed E-state index contributed by atoms with van der Waals surface area (Å²) in [5.74, 6) is -1.90. The van der Waals surface area contributed by atoms with Gasteiger partial charge in [-0.1, -0.05) is 0 Å². The van der Waals surface area contributed by atoms with E-state index in [0.29, 0.717) is 38.1 Å². The van der Waals surface area contributed by atoms with Crippen LogP contribution in [0.5, 0.6) is 0 Å². The quantitative estimate of drug-likeness (QED) is 0.786. The zero-order valence-corrected chi connectivity index (χ0v) is 11.4. The first-order valence-electron chi connectivity index (χ1n) is 6.51. The maximum Gasteiger partial charge on any atom is 0.419 e. The molecule has 0 spiro atoms. The van der Waals surface area contributed by atoms with Crippen molar-refractivity contribution in [2.75, 3.05) is 20.2 Å². The smallest absolute Gasteiger partial charge is 0.381 e. The molecule has 1 aromatic rings. The summed E-state index contributed by atoms with van der Waals surface area (Å²) >= 11 is 0. The molecule has 0 saturated carbocycles. The molecule has 0 radical (unpaired) electrons. The Hall–Kier alpha value is -1.63. The number of halogens is 4. The Bertz CT molecular complexity index is 522. The number of amides is 1. The summed E-state index contributed by atoms with van der Waals surface area (Å²) in [4.78, 5) is 13.6. The number of piperidine rings is 1. The van der Waals surface area contributed by atoms with Gasteiger partial charge in [0.25, 0.3) is 5.91 Å². The first kappa shape index (κ1) is 15.8. The number of alkyl halides is 3. The average Bonchev–Trinajstić information content (AvgIpc) is 2.46. The molecule has 0 atom stereocenters. The van der Waals surface area contributed by atoms with E-state index in [4.69, 9.17) is 4.74 Å². The largest absolute Gasteiger partial charge is 0.419 e. The molecule has 116 valence electrons. The number of rotatable bonds is 2. The van der Waals surface area contributed by atoms with Gasteiger partial charge < -0.3 is 9.64 Å². The number of ether oxygens (including phenoxy) is 1. The molecule has 0 bridgehead atoms. The van der Waals surface area contributed by atoms with E-state index in [-0.39, 0.29) is 11.7 Å². The molecular formula is C14H15F4NO2. The molecule has 1 heterocycles. The molecule has 21 heavy (non-hydrogen) atoms. The molecule has 0 aliphatic carbocycles. The lowest BCUT2D eigenvalue weighted by Crippen LogP contribution is -2.40. The minimum atomic E-state index is -4.82. The number of hydrogen-bond donors (Lipinski definition) is 0. The molecule has 7 heteroatoms. The Morgan fingerprint density at radius 2 is 1.90 bits per heavy atom. The van der Waals surface area contributed by atoms with Crippen molar-refractivity contribution in [1.29, 1.82) is 0 Å². The maximum absolute atomic E-state index is 13.2. The van der Waals surface area contributed by atoms with E-state index in [1.54, 1.807) is 7.11 Å². The van der Waals surface area contributed by atoms with Crippen LogP contribution in [0.15, 0.2) is 18.2 Å². The van der Waals surface area contributed by atoms with E-state index in [1.807, 2.05) is 0 Å². The first-order valence-corrected chi connectivity index (χ1v) is 6.51. The monoisotopic (exact) mass is 305 g/mol. The van der Waals surface area contributed by atoms with Gasteiger partial charge >= 0.3 is 6.18 Å². The second-order valence-corrected chi connectivity index (χ2v) is 4.92. The van der Waals surface area contributed by atoms with Gasteiger partial charge in [-0.25, -0.2) is 4.39 Å². The Labute approximate surface area is 119 Å². The number of carbonyl (C=O) groups excluding carboxylic acids is 1. The number of hydrogen-bond acceptors (Lipinski definition) is 2. The van der Waals surface area contributed by atoms with Crippen molar-refractivity contribution in [3.05, 3.63) is 35.1 Å². The number of carbonyl (C=O) groups is 1. The fraction of sp³-hybridized carbons (Fsp3) is 0.500. The average molecular weight is 305 g/mol. The Kier molecular flexibility index (Phi) is 4.51. The van der Waals surface area contributed by atoms with Crippen LogP contribution in [-0.2, 0) is 10.9 Å². The highest BCUT2D eigenvalue weighted by atomic mass is 19.4. The van der Waals surface area contributed by atoms with Crippen molar-refractivity contribution < 1.29 is 27.1 Å². The van der Waals surface area contributed by atoms with Crippen LogP contribution in [0.3, 0.4) is 0 Å². The van der Waals surface area contributed by atoms with Crippen molar-refractivity contribution in [3.8, 4) is 0 Å². The number of nitrogens with zero attached hydrogens (tertiary/aromatic N) is 1. The number of likely N-dealkylation sites (tertiary alicyclic amines) is 1. The first-order chi connectivity index (χ1) is 9.82. The van der Waals surface area contributed by atoms with Crippen LogP contribution < -0.4 is 0 Å². The Balaban J connectivity index is 2.17. The van der Waals surface area contributed by atoms with Crippen LogP contribution in [0.1, 0.15) is 28.8 Å². The molecule has 1 aliphatic heterocycles. The van der Waals surface area contributed by atoms with Gasteiger partial charge in [0.15, 0.2) is 0 Å². The molecule has 1 aliphatic rings. The predicted molar refractivity (Wildman–Crippen MR) is 67.3 cm³/mol. The SMILES string of the molecule is COC1CCN(C(=O)c2ccc(F)c(C(F)(F)F)c2)CC1. The summed E-state index contributed by atoms with van der Waals surface area (Å²) in [6.07, 6.45) is -3.48. The topological polar surface area (TPSA) is 29.5 Å². The second-order valence-electron chi connectivity index (χ2n) is 4.92. The third-order valence-corrected chi connectivity index (χ3v) is 3.58. The van der Waals surface area contributed by atoms with Gasteiger partial charge in [0.2, 0.25) is 0 Å². The fourth-order valence-electron chi connectivity index (χ4n) is 2.35. The molecule has 1 amide bonds. The number of methoxy groups -OCH3 is 1. The van der Waals surface area contributed by atoms with Crippen LogP contribution in [0.4, 0.5) is 17.6 Å². The molecular weight excluding hydrogens is 290 g/mol. The summed E-state index contributed by atoms with van der Waals surface area (Å²) in [7, 11) is 1.58. The minimum absolute atomic E-state index is 0.0630. The zero-order chi connectivity index (χ0) is 15.6. The van der Waals surface area contributed by atoms with Crippen LogP contribution in [0, 0.1) is 5.82 Å².